The van der Waals surface area contributed by atoms with Crippen molar-refractivity contribution in [2.75, 3.05) is 6.54 Å². The average molecular weight is 442 g/mol. The van der Waals surface area contributed by atoms with Crippen LogP contribution in [0.4, 0.5) is 0 Å². The van der Waals surface area contributed by atoms with Gasteiger partial charge in [-0.1, -0.05) is 6.07 Å². The fourth-order valence-corrected chi connectivity index (χ4v) is 4.45. The lowest BCUT2D eigenvalue weighted by atomic mass is 9.99. The second-order valence-electron chi connectivity index (χ2n) is 8.30. The van der Waals surface area contributed by atoms with E-state index in [4.69, 9.17) is 9.52 Å². The number of amides is 1. The van der Waals surface area contributed by atoms with Crippen LogP contribution in [-0.2, 0) is 13.5 Å². The van der Waals surface area contributed by atoms with E-state index in [2.05, 4.69) is 20.1 Å². The van der Waals surface area contributed by atoms with Crippen molar-refractivity contribution in [3.05, 3.63) is 77.2 Å². The third kappa shape index (κ3) is 2.98. The zero-order valence-electron chi connectivity index (χ0n) is 18.5. The van der Waals surface area contributed by atoms with E-state index < -0.39 is 6.04 Å². The molecular weight excluding hydrogens is 420 g/mol. The number of carbonyl (C=O) groups is 1. The molecule has 1 amide bonds. The van der Waals surface area contributed by atoms with Crippen LogP contribution in [0.15, 0.2) is 47.5 Å². The minimum atomic E-state index is -0.430. The number of aromatic amines is 1. The highest BCUT2D eigenvalue weighted by Crippen LogP contribution is 2.35. The number of rotatable bonds is 3. The van der Waals surface area contributed by atoms with Crippen molar-refractivity contribution in [2.45, 2.75) is 26.3 Å². The smallest absolute Gasteiger partial charge is 0.292 e. The third-order valence-electron chi connectivity index (χ3n) is 6.38. The number of pyridine rings is 1. The highest BCUT2D eigenvalue weighted by Gasteiger charge is 2.37. The van der Waals surface area contributed by atoms with E-state index in [0.717, 1.165) is 39.4 Å². The van der Waals surface area contributed by atoms with Gasteiger partial charge in [-0.3, -0.25) is 9.48 Å². The maximum Gasteiger partial charge on any atom is 0.292 e. The summed E-state index contributed by atoms with van der Waals surface area (Å²) in [6.45, 7) is 4.48. The summed E-state index contributed by atoms with van der Waals surface area (Å²) in [5, 5.41) is 9.01. The van der Waals surface area contributed by atoms with Crippen LogP contribution >= 0.6 is 0 Å². The van der Waals surface area contributed by atoms with Crippen molar-refractivity contribution in [3.63, 3.8) is 0 Å². The van der Waals surface area contributed by atoms with E-state index in [-0.39, 0.29) is 11.7 Å². The van der Waals surface area contributed by atoms with Crippen molar-refractivity contribution < 1.29 is 9.21 Å². The van der Waals surface area contributed by atoms with Crippen LogP contribution < -0.4 is 0 Å². The predicted octanol–water partition coefficient (Wildman–Crippen LogP) is 2.85. The Balaban J connectivity index is 1.41. The van der Waals surface area contributed by atoms with Crippen LogP contribution in [-0.4, -0.2) is 51.7 Å². The van der Waals surface area contributed by atoms with Gasteiger partial charge in [-0.05, 0) is 31.5 Å². The van der Waals surface area contributed by atoms with Gasteiger partial charge in [0, 0.05) is 37.6 Å². The summed E-state index contributed by atoms with van der Waals surface area (Å²) in [6, 6.07) is 5.59. The van der Waals surface area contributed by atoms with E-state index in [0.29, 0.717) is 18.9 Å². The molecule has 0 aromatic carbocycles. The zero-order valence-corrected chi connectivity index (χ0v) is 18.5. The van der Waals surface area contributed by atoms with E-state index in [1.807, 2.05) is 49.8 Å². The van der Waals surface area contributed by atoms with Crippen LogP contribution in [0.3, 0.4) is 0 Å². The molecule has 0 aliphatic carbocycles. The Hall–Kier alpha value is -4.21. The molecule has 0 unspecified atom stereocenters. The first-order valence-corrected chi connectivity index (χ1v) is 10.7. The quantitative estimate of drug-likeness (QED) is 0.460. The molecule has 33 heavy (non-hydrogen) atoms. The Morgan fingerprint density at radius 3 is 2.91 bits per heavy atom. The zero-order chi connectivity index (χ0) is 22.7. The van der Waals surface area contributed by atoms with Gasteiger partial charge in [0.05, 0.1) is 41.2 Å². The highest BCUT2D eigenvalue weighted by atomic mass is 16.4. The first kappa shape index (κ1) is 19.5. The van der Waals surface area contributed by atoms with Crippen LogP contribution in [0.25, 0.3) is 17.0 Å². The lowest BCUT2D eigenvalue weighted by Gasteiger charge is -2.33. The molecule has 10 heteroatoms. The predicted molar refractivity (Wildman–Crippen MR) is 119 cm³/mol. The van der Waals surface area contributed by atoms with E-state index in [9.17, 15) is 4.79 Å². The Kier molecular flexibility index (Phi) is 4.22. The van der Waals surface area contributed by atoms with Crippen molar-refractivity contribution in [2.24, 2.45) is 7.05 Å². The molecule has 1 N–H and O–H groups in total. The van der Waals surface area contributed by atoms with E-state index >= 15 is 0 Å². The third-order valence-corrected chi connectivity index (χ3v) is 6.38. The summed E-state index contributed by atoms with van der Waals surface area (Å²) < 4.78 is 9.48. The number of H-pyrrole nitrogens is 1. The lowest BCUT2D eigenvalue weighted by Crippen LogP contribution is -2.40. The highest BCUT2D eigenvalue weighted by molar-refractivity contribution is 5.92. The molecule has 1 atom stereocenters. The van der Waals surface area contributed by atoms with Gasteiger partial charge < -0.3 is 14.3 Å². The lowest BCUT2D eigenvalue weighted by molar-refractivity contribution is 0.0655. The topological polar surface area (TPSA) is 110 Å². The van der Waals surface area contributed by atoms with Crippen LogP contribution in [0.1, 0.15) is 44.9 Å². The largest absolute Gasteiger partial charge is 0.431 e. The molecule has 10 nitrogen and oxygen atoms in total. The van der Waals surface area contributed by atoms with Crippen LogP contribution in [0.5, 0.6) is 0 Å². The van der Waals surface area contributed by atoms with Crippen molar-refractivity contribution in [1.29, 1.82) is 0 Å². The molecule has 6 heterocycles. The van der Waals surface area contributed by atoms with Gasteiger partial charge in [0.25, 0.3) is 5.91 Å². The summed E-state index contributed by atoms with van der Waals surface area (Å²) in [6.07, 6.45) is 7.42. The number of nitrogens with zero attached hydrogens (tertiary/aromatic N) is 7. The van der Waals surface area contributed by atoms with Crippen LogP contribution in [0.2, 0.25) is 0 Å². The first-order valence-electron chi connectivity index (χ1n) is 10.7. The summed E-state index contributed by atoms with van der Waals surface area (Å²) in [7, 11) is 1.85. The number of hydrogen-bond acceptors (Lipinski definition) is 6. The van der Waals surface area contributed by atoms with E-state index in [1.165, 1.54) is 6.20 Å². The minimum Gasteiger partial charge on any atom is -0.431 e. The van der Waals surface area contributed by atoms with Crippen molar-refractivity contribution in [1.82, 2.24) is 39.2 Å². The first-order chi connectivity index (χ1) is 16.0. The summed E-state index contributed by atoms with van der Waals surface area (Å²) in [4.78, 5) is 27.5. The second kappa shape index (κ2) is 7.16. The maximum absolute atomic E-state index is 13.6. The molecule has 166 valence electrons. The maximum atomic E-state index is 13.6. The number of imidazole rings is 1. The standard InChI is InChI=1S/C23H22N8O2/c1-13-5-4-7-31-18(13)9-17(28-31)21-20-16(25-12-26-20)6-8-30(21)23(32)19-11-24-22(33-19)15-10-27-29(3)14(15)2/h4-5,7,9-12,21H,6,8H2,1-3H3,(H,25,26)/t21-/m0/s1. The molecule has 5 aromatic rings. The van der Waals surface area contributed by atoms with E-state index in [1.54, 1.807) is 22.1 Å². The van der Waals surface area contributed by atoms with Crippen molar-refractivity contribution >= 4 is 11.4 Å². The second-order valence-corrected chi connectivity index (χ2v) is 8.30. The fraction of sp³-hybridized carbons (Fsp3) is 0.261. The molecule has 0 saturated heterocycles. The Morgan fingerprint density at radius 1 is 1.24 bits per heavy atom. The number of fused-ring (bicyclic) bond motifs is 2. The SMILES string of the molecule is Cc1cccn2nc([C@H]3c4nc[nH]c4CCN3C(=O)c3cnc(-c4cnn(C)c4C)o3)cc12. The molecule has 0 fully saturated rings. The minimum absolute atomic E-state index is 0.178. The number of oxazole rings is 1. The summed E-state index contributed by atoms with van der Waals surface area (Å²) >= 11 is 0. The van der Waals surface area contributed by atoms with Gasteiger partial charge in [0.15, 0.2) is 0 Å². The monoisotopic (exact) mass is 442 g/mol. The normalized spacial score (nSPS) is 15.8. The number of aromatic nitrogens is 7. The van der Waals surface area contributed by atoms with Gasteiger partial charge in [0.2, 0.25) is 11.7 Å². The number of carbonyl (C=O) groups excluding carboxylic acids is 1. The van der Waals surface area contributed by atoms with Crippen LogP contribution in [0, 0.1) is 13.8 Å². The molecule has 1 aliphatic heterocycles. The molecule has 0 bridgehead atoms. The van der Waals surface area contributed by atoms with Gasteiger partial charge in [-0.25, -0.2) is 14.5 Å². The fourth-order valence-electron chi connectivity index (χ4n) is 4.45. The Morgan fingerprint density at radius 2 is 2.12 bits per heavy atom. The van der Waals surface area contributed by atoms with Crippen molar-refractivity contribution in [3.8, 4) is 11.5 Å². The molecule has 6 rings (SSSR count). The molecule has 0 saturated carbocycles. The van der Waals surface area contributed by atoms with Gasteiger partial charge in [0.1, 0.15) is 6.04 Å². The number of nitrogens with one attached hydrogen (secondary N) is 1. The molecule has 0 spiro atoms. The molecule has 5 aromatic heterocycles. The average Bonchev–Trinajstić information content (AvgIpc) is 3.60. The van der Waals surface area contributed by atoms with Gasteiger partial charge in [-0.15, -0.1) is 0 Å². The van der Waals surface area contributed by atoms with Gasteiger partial charge >= 0.3 is 0 Å². The number of aryl methyl sites for hydroxylation is 2. The summed E-state index contributed by atoms with van der Waals surface area (Å²) in [5.74, 6) is 0.307. The summed E-state index contributed by atoms with van der Waals surface area (Å²) in [5.41, 5.74) is 6.36. The Labute approximate surface area is 188 Å². The molecular formula is C23H22N8O2. The van der Waals surface area contributed by atoms with Gasteiger partial charge in [-0.2, -0.15) is 10.2 Å². The molecule has 1 aliphatic rings. The number of hydrogen-bond donors (Lipinski definition) is 1. The Bertz CT molecular complexity index is 1500. The molecule has 0 radical (unpaired) electrons.